The molecule has 20 heavy (non-hydrogen) atoms. The van der Waals surface area contributed by atoms with Crippen LogP contribution in [0.25, 0.3) is 10.8 Å². The van der Waals surface area contributed by atoms with Crippen LogP contribution in [0.4, 0.5) is 0 Å². The minimum Gasteiger partial charge on any atom is -0.492 e. The Balaban J connectivity index is 2.42. The van der Waals surface area contributed by atoms with Gasteiger partial charge >= 0.3 is 0 Å². The zero-order chi connectivity index (χ0) is 14.7. The molecule has 2 aromatic carbocycles. The summed E-state index contributed by atoms with van der Waals surface area (Å²) in [6, 6.07) is 11.6. The summed E-state index contributed by atoms with van der Waals surface area (Å²) >= 11 is 0. The fraction of sp³-hybridized carbons (Fsp3) is 0.312. The van der Waals surface area contributed by atoms with E-state index in [4.69, 9.17) is 10.5 Å². The third kappa shape index (κ3) is 2.91. The second-order valence-electron chi connectivity index (χ2n) is 5.00. The number of hydrogen-bond donors (Lipinski definition) is 2. The van der Waals surface area contributed by atoms with Crippen LogP contribution in [0.2, 0.25) is 0 Å². The minimum absolute atomic E-state index is 0.197. The van der Waals surface area contributed by atoms with E-state index in [1.807, 2.05) is 36.4 Å². The number of hydrogen-bond acceptors (Lipinski definition) is 3. The topological polar surface area (TPSA) is 72.6 Å². The first-order valence-electron chi connectivity index (χ1n) is 6.62. The fourth-order valence-corrected chi connectivity index (χ4v) is 2.04. The third-order valence-electron chi connectivity index (χ3n) is 3.32. The molecule has 0 radical (unpaired) electrons. The van der Waals surface area contributed by atoms with Gasteiger partial charge in [-0.05, 0) is 12.3 Å². The van der Waals surface area contributed by atoms with E-state index in [1.165, 1.54) is 0 Å². The predicted molar refractivity (Wildman–Crippen MR) is 78.4 cm³/mol. The molecule has 0 spiro atoms. The van der Waals surface area contributed by atoms with Crippen molar-refractivity contribution in [1.82, 2.24) is 0 Å². The predicted octanol–water partition coefficient (Wildman–Crippen LogP) is 2.39. The summed E-state index contributed by atoms with van der Waals surface area (Å²) in [4.78, 5) is 11.1. The van der Waals surface area contributed by atoms with Crippen molar-refractivity contribution < 1.29 is 14.6 Å². The van der Waals surface area contributed by atoms with Gasteiger partial charge in [0, 0.05) is 10.9 Å². The zero-order valence-electron chi connectivity index (χ0n) is 11.7. The largest absolute Gasteiger partial charge is 0.492 e. The summed E-state index contributed by atoms with van der Waals surface area (Å²) in [5.74, 6) is -0.161. The molecule has 0 saturated heterocycles. The van der Waals surface area contributed by atoms with Crippen molar-refractivity contribution >= 4 is 16.7 Å². The lowest BCUT2D eigenvalue weighted by molar-refractivity contribution is -0.122. The van der Waals surface area contributed by atoms with E-state index in [0.29, 0.717) is 11.3 Å². The standard InChI is InChI=1S/C16H19NO3/c1-10(16(17)19)9-20-15-13(11(2)18)8-7-12-5-3-4-6-14(12)15/h3-8,10-11,18H,9H2,1-2H3,(H2,17,19)/t10?,11-/m0/s1. The van der Waals surface area contributed by atoms with Gasteiger partial charge in [-0.25, -0.2) is 0 Å². The molecular formula is C16H19NO3. The first kappa shape index (κ1) is 14.3. The van der Waals surface area contributed by atoms with Gasteiger partial charge in [-0.3, -0.25) is 4.79 Å². The van der Waals surface area contributed by atoms with Gasteiger partial charge in [0.2, 0.25) is 5.91 Å². The maximum absolute atomic E-state index is 11.1. The molecule has 0 fully saturated rings. The van der Waals surface area contributed by atoms with E-state index >= 15 is 0 Å². The quantitative estimate of drug-likeness (QED) is 0.878. The van der Waals surface area contributed by atoms with Crippen molar-refractivity contribution in [3.8, 4) is 5.75 Å². The van der Waals surface area contributed by atoms with Crippen LogP contribution < -0.4 is 10.5 Å². The monoisotopic (exact) mass is 273 g/mol. The number of aliphatic hydroxyl groups is 1. The van der Waals surface area contributed by atoms with Gasteiger partial charge in [-0.1, -0.05) is 43.3 Å². The Morgan fingerprint density at radius 2 is 1.95 bits per heavy atom. The second-order valence-corrected chi connectivity index (χ2v) is 5.00. The Kier molecular flexibility index (Phi) is 4.25. The van der Waals surface area contributed by atoms with E-state index in [9.17, 15) is 9.90 Å². The van der Waals surface area contributed by atoms with E-state index < -0.39 is 12.0 Å². The third-order valence-corrected chi connectivity index (χ3v) is 3.32. The molecule has 0 aliphatic carbocycles. The van der Waals surface area contributed by atoms with Crippen LogP contribution >= 0.6 is 0 Å². The number of primary amides is 1. The summed E-state index contributed by atoms with van der Waals surface area (Å²) in [5.41, 5.74) is 5.95. The minimum atomic E-state index is -0.640. The zero-order valence-corrected chi connectivity index (χ0v) is 11.7. The van der Waals surface area contributed by atoms with Gasteiger partial charge in [0.25, 0.3) is 0 Å². The van der Waals surface area contributed by atoms with Gasteiger partial charge in [0.1, 0.15) is 5.75 Å². The van der Waals surface area contributed by atoms with Crippen molar-refractivity contribution in [2.75, 3.05) is 6.61 Å². The van der Waals surface area contributed by atoms with Crippen molar-refractivity contribution in [2.45, 2.75) is 20.0 Å². The number of fused-ring (bicyclic) bond motifs is 1. The van der Waals surface area contributed by atoms with Crippen LogP contribution in [0.1, 0.15) is 25.5 Å². The molecule has 0 heterocycles. The van der Waals surface area contributed by atoms with Gasteiger partial charge in [-0.2, -0.15) is 0 Å². The van der Waals surface area contributed by atoms with Crippen LogP contribution in [-0.4, -0.2) is 17.6 Å². The first-order chi connectivity index (χ1) is 9.50. The van der Waals surface area contributed by atoms with Crippen molar-refractivity contribution in [3.05, 3.63) is 42.0 Å². The molecule has 0 aliphatic heterocycles. The van der Waals surface area contributed by atoms with Crippen molar-refractivity contribution in [1.29, 1.82) is 0 Å². The molecule has 4 nitrogen and oxygen atoms in total. The normalized spacial score (nSPS) is 13.9. The molecule has 0 aromatic heterocycles. The molecule has 2 aromatic rings. The average molecular weight is 273 g/mol. The number of aliphatic hydroxyl groups excluding tert-OH is 1. The Morgan fingerprint density at radius 1 is 1.25 bits per heavy atom. The van der Waals surface area contributed by atoms with Crippen LogP contribution in [0, 0.1) is 5.92 Å². The highest BCUT2D eigenvalue weighted by Crippen LogP contribution is 2.33. The Labute approximate surface area is 118 Å². The van der Waals surface area contributed by atoms with E-state index in [-0.39, 0.29) is 12.5 Å². The summed E-state index contributed by atoms with van der Waals surface area (Å²) in [6.45, 7) is 3.60. The maximum Gasteiger partial charge on any atom is 0.223 e. The fourth-order valence-electron chi connectivity index (χ4n) is 2.04. The summed E-state index contributed by atoms with van der Waals surface area (Å²) in [6.07, 6.45) is -0.640. The van der Waals surface area contributed by atoms with Gasteiger partial charge in [0.15, 0.2) is 0 Å². The molecule has 106 valence electrons. The van der Waals surface area contributed by atoms with Crippen LogP contribution in [0.15, 0.2) is 36.4 Å². The molecule has 1 amide bonds. The number of amides is 1. The Hall–Kier alpha value is -2.07. The second kappa shape index (κ2) is 5.92. The molecule has 1 unspecified atom stereocenters. The van der Waals surface area contributed by atoms with Crippen LogP contribution in [-0.2, 0) is 4.79 Å². The van der Waals surface area contributed by atoms with E-state index in [2.05, 4.69) is 0 Å². The first-order valence-corrected chi connectivity index (χ1v) is 6.62. The molecule has 0 saturated carbocycles. The maximum atomic E-state index is 11.1. The highest BCUT2D eigenvalue weighted by molar-refractivity contribution is 5.89. The van der Waals surface area contributed by atoms with Gasteiger partial charge < -0.3 is 15.6 Å². The molecule has 3 N–H and O–H groups in total. The summed E-state index contributed by atoms with van der Waals surface area (Å²) < 4.78 is 5.77. The molecule has 2 rings (SSSR count). The smallest absolute Gasteiger partial charge is 0.223 e. The molecular weight excluding hydrogens is 254 g/mol. The number of rotatable bonds is 5. The lowest BCUT2D eigenvalue weighted by Gasteiger charge is -2.17. The molecule has 0 bridgehead atoms. The van der Waals surface area contributed by atoms with E-state index in [0.717, 1.165) is 10.8 Å². The lowest BCUT2D eigenvalue weighted by Crippen LogP contribution is -2.26. The number of benzene rings is 2. The Morgan fingerprint density at radius 3 is 2.60 bits per heavy atom. The van der Waals surface area contributed by atoms with Gasteiger partial charge in [-0.15, -0.1) is 0 Å². The number of carbonyl (C=O) groups excluding carboxylic acids is 1. The van der Waals surface area contributed by atoms with E-state index in [1.54, 1.807) is 13.8 Å². The highest BCUT2D eigenvalue weighted by Gasteiger charge is 2.16. The SMILES string of the molecule is CC(COc1c([C@H](C)O)ccc2ccccc12)C(N)=O. The summed E-state index contributed by atoms with van der Waals surface area (Å²) in [5, 5.41) is 11.8. The highest BCUT2D eigenvalue weighted by atomic mass is 16.5. The summed E-state index contributed by atoms with van der Waals surface area (Å²) in [7, 11) is 0. The van der Waals surface area contributed by atoms with Crippen molar-refractivity contribution in [2.24, 2.45) is 11.7 Å². The molecule has 4 heteroatoms. The Bertz CT molecular complexity index is 622. The lowest BCUT2D eigenvalue weighted by atomic mass is 10.0. The average Bonchev–Trinajstić information content (AvgIpc) is 2.43. The number of nitrogens with two attached hydrogens (primary N) is 1. The number of carbonyl (C=O) groups is 1. The molecule has 2 atom stereocenters. The van der Waals surface area contributed by atoms with Gasteiger partial charge in [0.05, 0.1) is 18.6 Å². The molecule has 0 aliphatic rings. The van der Waals surface area contributed by atoms with Crippen molar-refractivity contribution in [3.63, 3.8) is 0 Å². The number of ether oxygens (including phenoxy) is 1. The van der Waals surface area contributed by atoms with Crippen LogP contribution in [0.5, 0.6) is 5.75 Å². The van der Waals surface area contributed by atoms with Crippen LogP contribution in [0.3, 0.4) is 0 Å².